The molecule has 1 nitrogen and oxygen atoms in total. The maximum absolute atomic E-state index is 11.1. The van der Waals surface area contributed by atoms with Crippen LogP contribution in [0.15, 0.2) is 30.3 Å². The van der Waals surface area contributed by atoms with Gasteiger partial charge >= 0.3 is 0 Å². The SMILES string of the molecule is Cc1ccc2c(c1C)Cc1c(C=O)cccc1C2. The Labute approximate surface area is 107 Å². The third-order valence-electron chi connectivity index (χ3n) is 4.14. The first-order chi connectivity index (χ1) is 8.70. The van der Waals surface area contributed by atoms with Crippen molar-refractivity contribution in [2.45, 2.75) is 26.7 Å². The van der Waals surface area contributed by atoms with Gasteiger partial charge in [0.2, 0.25) is 0 Å². The molecule has 1 heteroatoms. The molecule has 0 saturated heterocycles. The second-order valence-corrected chi connectivity index (χ2v) is 5.10. The van der Waals surface area contributed by atoms with Crippen molar-refractivity contribution in [1.82, 2.24) is 0 Å². The summed E-state index contributed by atoms with van der Waals surface area (Å²) in [6.07, 6.45) is 2.83. The van der Waals surface area contributed by atoms with E-state index < -0.39 is 0 Å². The van der Waals surface area contributed by atoms with E-state index in [2.05, 4.69) is 32.0 Å². The van der Waals surface area contributed by atoms with Gasteiger partial charge in [-0.15, -0.1) is 0 Å². The van der Waals surface area contributed by atoms with E-state index in [1.165, 1.54) is 33.4 Å². The summed E-state index contributed by atoms with van der Waals surface area (Å²) in [4.78, 5) is 11.1. The Balaban J connectivity index is 2.18. The number of carbonyl (C=O) groups is 1. The lowest BCUT2D eigenvalue weighted by Gasteiger charge is -2.23. The molecule has 2 aromatic rings. The van der Waals surface area contributed by atoms with Crippen LogP contribution in [0.5, 0.6) is 0 Å². The monoisotopic (exact) mass is 236 g/mol. The average molecular weight is 236 g/mol. The molecule has 2 aromatic carbocycles. The quantitative estimate of drug-likeness (QED) is 0.590. The molecule has 0 fully saturated rings. The van der Waals surface area contributed by atoms with E-state index in [0.29, 0.717) is 0 Å². The molecule has 0 atom stereocenters. The fourth-order valence-electron chi connectivity index (χ4n) is 2.87. The first-order valence-corrected chi connectivity index (χ1v) is 6.34. The van der Waals surface area contributed by atoms with Gasteiger partial charge in [-0.3, -0.25) is 4.79 Å². The van der Waals surface area contributed by atoms with Crippen molar-refractivity contribution in [1.29, 1.82) is 0 Å². The lowest BCUT2D eigenvalue weighted by atomic mass is 9.81. The van der Waals surface area contributed by atoms with E-state index in [9.17, 15) is 4.79 Å². The Morgan fingerprint density at radius 2 is 1.72 bits per heavy atom. The molecule has 90 valence electrons. The highest BCUT2D eigenvalue weighted by molar-refractivity contribution is 5.79. The van der Waals surface area contributed by atoms with Gasteiger partial charge in [0, 0.05) is 5.56 Å². The number of carbonyl (C=O) groups excluding carboxylic acids is 1. The summed E-state index contributed by atoms with van der Waals surface area (Å²) in [7, 11) is 0. The van der Waals surface area contributed by atoms with Crippen molar-refractivity contribution in [3.8, 4) is 0 Å². The summed E-state index contributed by atoms with van der Waals surface area (Å²) < 4.78 is 0. The molecule has 0 saturated carbocycles. The van der Waals surface area contributed by atoms with Crippen molar-refractivity contribution in [3.63, 3.8) is 0 Å². The molecular formula is C17H16O. The molecule has 0 radical (unpaired) electrons. The highest BCUT2D eigenvalue weighted by Crippen LogP contribution is 2.31. The van der Waals surface area contributed by atoms with E-state index in [0.717, 1.165) is 24.7 Å². The number of aryl methyl sites for hydroxylation is 1. The third kappa shape index (κ3) is 1.59. The normalized spacial score (nSPS) is 12.8. The Kier molecular flexibility index (Phi) is 2.55. The van der Waals surface area contributed by atoms with Gasteiger partial charge < -0.3 is 0 Å². The molecule has 0 unspecified atom stereocenters. The second-order valence-electron chi connectivity index (χ2n) is 5.10. The molecule has 0 amide bonds. The van der Waals surface area contributed by atoms with Gasteiger partial charge in [0.1, 0.15) is 6.29 Å². The minimum atomic E-state index is 0.846. The zero-order valence-corrected chi connectivity index (χ0v) is 10.8. The van der Waals surface area contributed by atoms with Crippen LogP contribution in [-0.2, 0) is 12.8 Å². The molecule has 18 heavy (non-hydrogen) atoms. The van der Waals surface area contributed by atoms with Crippen LogP contribution in [-0.4, -0.2) is 6.29 Å². The minimum absolute atomic E-state index is 0.846. The van der Waals surface area contributed by atoms with Gasteiger partial charge in [-0.2, -0.15) is 0 Å². The number of fused-ring (bicyclic) bond motifs is 2. The maximum atomic E-state index is 11.1. The van der Waals surface area contributed by atoms with Crippen LogP contribution in [0.4, 0.5) is 0 Å². The lowest BCUT2D eigenvalue weighted by Crippen LogP contribution is -2.12. The Morgan fingerprint density at radius 3 is 2.50 bits per heavy atom. The average Bonchev–Trinajstić information content (AvgIpc) is 2.41. The van der Waals surface area contributed by atoms with Crippen molar-refractivity contribution in [2.75, 3.05) is 0 Å². The van der Waals surface area contributed by atoms with Crippen LogP contribution in [0.2, 0.25) is 0 Å². The molecule has 0 N–H and O–H groups in total. The fraction of sp³-hybridized carbons (Fsp3) is 0.235. The second kappa shape index (κ2) is 4.09. The van der Waals surface area contributed by atoms with Crippen LogP contribution in [0.1, 0.15) is 43.7 Å². The van der Waals surface area contributed by atoms with E-state index in [1.807, 2.05) is 12.1 Å². The molecule has 3 rings (SSSR count). The summed E-state index contributed by atoms with van der Waals surface area (Å²) >= 11 is 0. The van der Waals surface area contributed by atoms with Crippen molar-refractivity contribution >= 4 is 6.29 Å². The minimum Gasteiger partial charge on any atom is -0.298 e. The van der Waals surface area contributed by atoms with Gasteiger partial charge in [-0.05, 0) is 60.1 Å². The summed E-state index contributed by atoms with van der Waals surface area (Å²) in [6, 6.07) is 10.5. The fourth-order valence-corrected chi connectivity index (χ4v) is 2.87. The van der Waals surface area contributed by atoms with E-state index in [-0.39, 0.29) is 0 Å². The number of aldehydes is 1. The number of hydrogen-bond acceptors (Lipinski definition) is 1. The molecule has 0 aliphatic heterocycles. The zero-order chi connectivity index (χ0) is 12.7. The molecule has 0 heterocycles. The van der Waals surface area contributed by atoms with Crippen LogP contribution >= 0.6 is 0 Å². The van der Waals surface area contributed by atoms with Gasteiger partial charge in [0.05, 0.1) is 0 Å². The molecule has 0 aromatic heterocycles. The van der Waals surface area contributed by atoms with Gasteiger partial charge in [-0.1, -0.05) is 30.3 Å². The molecule has 1 aliphatic rings. The number of hydrogen-bond donors (Lipinski definition) is 0. The van der Waals surface area contributed by atoms with Crippen molar-refractivity contribution in [2.24, 2.45) is 0 Å². The van der Waals surface area contributed by atoms with Crippen LogP contribution in [0.25, 0.3) is 0 Å². The molecule has 1 aliphatic carbocycles. The molecular weight excluding hydrogens is 220 g/mol. The standard InChI is InChI=1S/C17H16O/c1-11-6-7-14-8-13-4-3-5-15(10-18)17(13)9-16(14)12(11)2/h3-7,10H,8-9H2,1-2H3. The largest absolute Gasteiger partial charge is 0.298 e. The zero-order valence-electron chi connectivity index (χ0n) is 10.8. The van der Waals surface area contributed by atoms with Crippen molar-refractivity contribution < 1.29 is 4.79 Å². The first kappa shape index (κ1) is 11.2. The molecule has 0 spiro atoms. The van der Waals surface area contributed by atoms with Gasteiger partial charge in [0.15, 0.2) is 0 Å². The summed E-state index contributed by atoms with van der Waals surface area (Å²) in [5.74, 6) is 0. The van der Waals surface area contributed by atoms with Crippen LogP contribution in [0.3, 0.4) is 0 Å². The summed E-state index contributed by atoms with van der Waals surface area (Å²) in [6.45, 7) is 4.33. The van der Waals surface area contributed by atoms with Crippen LogP contribution < -0.4 is 0 Å². The van der Waals surface area contributed by atoms with E-state index in [1.54, 1.807) is 0 Å². The maximum Gasteiger partial charge on any atom is 0.150 e. The Bertz CT molecular complexity index is 638. The number of rotatable bonds is 1. The highest BCUT2D eigenvalue weighted by Gasteiger charge is 2.19. The Hall–Kier alpha value is -1.89. The lowest BCUT2D eigenvalue weighted by molar-refractivity contribution is 0.112. The third-order valence-corrected chi connectivity index (χ3v) is 4.14. The predicted octanol–water partition coefficient (Wildman–Crippen LogP) is 3.61. The summed E-state index contributed by atoms with van der Waals surface area (Å²) in [5.41, 5.74) is 8.90. The van der Waals surface area contributed by atoms with Crippen LogP contribution in [0, 0.1) is 13.8 Å². The molecule has 0 bridgehead atoms. The highest BCUT2D eigenvalue weighted by atomic mass is 16.1. The van der Waals surface area contributed by atoms with Crippen molar-refractivity contribution in [3.05, 3.63) is 69.3 Å². The summed E-state index contributed by atoms with van der Waals surface area (Å²) in [5, 5.41) is 0. The van der Waals surface area contributed by atoms with E-state index >= 15 is 0 Å². The first-order valence-electron chi connectivity index (χ1n) is 6.34. The smallest absolute Gasteiger partial charge is 0.150 e. The van der Waals surface area contributed by atoms with E-state index in [4.69, 9.17) is 0 Å². The number of benzene rings is 2. The van der Waals surface area contributed by atoms with Gasteiger partial charge in [0.25, 0.3) is 0 Å². The predicted molar refractivity (Wildman–Crippen MR) is 73.4 cm³/mol. The Morgan fingerprint density at radius 1 is 0.944 bits per heavy atom. The van der Waals surface area contributed by atoms with Gasteiger partial charge in [-0.25, -0.2) is 0 Å². The topological polar surface area (TPSA) is 17.1 Å².